The van der Waals surface area contributed by atoms with Crippen molar-refractivity contribution in [3.05, 3.63) is 178 Å². The van der Waals surface area contributed by atoms with Crippen LogP contribution >= 0.6 is 11.6 Å². The van der Waals surface area contributed by atoms with Crippen LogP contribution in [0.25, 0.3) is 22.3 Å². The van der Waals surface area contributed by atoms with Crippen molar-refractivity contribution in [1.82, 2.24) is 0 Å². The van der Waals surface area contributed by atoms with Gasteiger partial charge >= 0.3 is 0 Å². The summed E-state index contributed by atoms with van der Waals surface area (Å²) in [4.78, 5) is 4.64. The van der Waals surface area contributed by atoms with E-state index in [9.17, 15) is 0 Å². The van der Waals surface area contributed by atoms with Gasteiger partial charge in [-0.25, -0.2) is 0 Å². The minimum absolute atomic E-state index is 0.0122. The summed E-state index contributed by atoms with van der Waals surface area (Å²) in [6.45, 7) is 21.3. The molecule has 0 atom stereocenters. The van der Waals surface area contributed by atoms with E-state index in [-0.39, 0.29) is 16.2 Å². The van der Waals surface area contributed by atoms with Crippen LogP contribution in [0.4, 0.5) is 34.1 Å². The van der Waals surface area contributed by atoms with E-state index in [4.69, 9.17) is 21.1 Å². The van der Waals surface area contributed by atoms with E-state index >= 15 is 0 Å². The monoisotopic (exact) mass is 822 g/mol. The molecule has 7 aromatic carbocycles. The Hall–Kier alpha value is -5.97. The molecule has 5 heteroatoms. The Kier molecular flexibility index (Phi) is 10.1. The number of rotatable bonds is 7. The second kappa shape index (κ2) is 15.2. The molecule has 0 bridgehead atoms. The van der Waals surface area contributed by atoms with Gasteiger partial charge in [-0.05, 0) is 117 Å². The van der Waals surface area contributed by atoms with Gasteiger partial charge in [-0.3, -0.25) is 0 Å². The van der Waals surface area contributed by atoms with Gasteiger partial charge in [0.2, 0.25) is 0 Å². The van der Waals surface area contributed by atoms with Crippen molar-refractivity contribution < 1.29 is 9.47 Å². The number of anilines is 6. The van der Waals surface area contributed by atoms with E-state index < -0.39 is 0 Å². The van der Waals surface area contributed by atoms with Gasteiger partial charge in [-0.1, -0.05) is 152 Å². The standard InChI is InChI=1S/C56H55ClN2O2/c1-36-31-49(58(40-23-19-38(20-24-40)54(2,3)4)41-25-21-39(22-26-41)55(5,6)7)53(57)50(32-36)59(42-27-28-44-43-17-13-14-18-46(43)56(8,9)47(44)33-42)48-35-52-51(60-29-30-61-52)34-45(48)37-15-11-10-12-16-37/h10-28,31-35H,29-30H2,1-9H3. The molecule has 0 spiro atoms. The quantitative estimate of drug-likeness (QED) is 0.160. The second-order valence-electron chi connectivity index (χ2n) is 19.2. The molecule has 1 aliphatic heterocycles. The third kappa shape index (κ3) is 7.35. The minimum Gasteiger partial charge on any atom is -0.486 e. The molecule has 2 aliphatic rings. The first kappa shape index (κ1) is 40.4. The fourth-order valence-corrected chi connectivity index (χ4v) is 9.33. The maximum atomic E-state index is 8.03. The van der Waals surface area contributed by atoms with Crippen LogP contribution in [0, 0.1) is 6.92 Å². The van der Waals surface area contributed by atoms with Crippen LogP contribution in [0.2, 0.25) is 5.02 Å². The van der Waals surface area contributed by atoms with Crippen molar-refractivity contribution >= 4 is 45.7 Å². The van der Waals surface area contributed by atoms with Gasteiger partial charge in [0.1, 0.15) is 13.2 Å². The van der Waals surface area contributed by atoms with Gasteiger partial charge in [-0.2, -0.15) is 0 Å². The second-order valence-corrected chi connectivity index (χ2v) is 19.5. The summed E-state index contributed by atoms with van der Waals surface area (Å²) < 4.78 is 12.6. The van der Waals surface area contributed by atoms with Crippen LogP contribution in [0.1, 0.15) is 83.2 Å². The van der Waals surface area contributed by atoms with Gasteiger partial charge in [0, 0.05) is 34.1 Å². The average Bonchev–Trinajstić information content (AvgIpc) is 3.47. The topological polar surface area (TPSA) is 24.9 Å². The van der Waals surface area contributed by atoms with Crippen molar-refractivity contribution in [2.24, 2.45) is 0 Å². The van der Waals surface area contributed by atoms with Gasteiger partial charge in [0.15, 0.2) is 11.5 Å². The zero-order chi connectivity index (χ0) is 42.8. The van der Waals surface area contributed by atoms with Gasteiger partial charge in [-0.15, -0.1) is 0 Å². The predicted octanol–water partition coefficient (Wildman–Crippen LogP) is 15.9. The molecule has 0 saturated heterocycles. The molecule has 0 N–H and O–H groups in total. The minimum atomic E-state index is -0.209. The molecule has 9 rings (SSSR count). The molecule has 4 nitrogen and oxygen atoms in total. The molecule has 0 radical (unpaired) electrons. The fourth-order valence-electron chi connectivity index (χ4n) is 9.06. The first-order valence-corrected chi connectivity index (χ1v) is 21.8. The van der Waals surface area contributed by atoms with Crippen LogP contribution in [-0.4, -0.2) is 13.2 Å². The highest BCUT2D eigenvalue weighted by Crippen LogP contribution is 2.55. The summed E-state index contributed by atoms with van der Waals surface area (Å²) >= 11 is 8.03. The van der Waals surface area contributed by atoms with Crippen molar-refractivity contribution in [3.63, 3.8) is 0 Å². The summed E-state index contributed by atoms with van der Waals surface area (Å²) in [5.74, 6) is 1.45. The van der Waals surface area contributed by atoms with Gasteiger partial charge in [0.05, 0.1) is 22.1 Å². The summed E-state index contributed by atoms with van der Waals surface area (Å²) in [6, 6.07) is 52.8. The first-order valence-electron chi connectivity index (χ1n) is 21.4. The lowest BCUT2D eigenvalue weighted by Gasteiger charge is -2.34. The zero-order valence-corrected chi connectivity index (χ0v) is 37.6. The number of nitrogens with zero attached hydrogens (tertiary/aromatic N) is 2. The Morgan fingerprint density at radius 1 is 0.492 bits per heavy atom. The van der Waals surface area contributed by atoms with E-state index in [0.717, 1.165) is 56.6 Å². The average molecular weight is 824 g/mol. The Morgan fingerprint density at radius 2 is 1.00 bits per heavy atom. The molecule has 61 heavy (non-hydrogen) atoms. The molecule has 0 fully saturated rings. The van der Waals surface area contributed by atoms with Gasteiger partial charge < -0.3 is 19.3 Å². The SMILES string of the molecule is Cc1cc(N(c2ccc(C(C)(C)C)cc2)c2ccc(C(C)(C)C)cc2)c(Cl)c(N(c2ccc3c(c2)C(C)(C)c2ccccc2-3)c2cc3c(cc2-c2ccccc2)OCCO3)c1. The predicted molar refractivity (Wildman–Crippen MR) is 257 cm³/mol. The number of fused-ring (bicyclic) bond motifs is 4. The molecule has 308 valence electrons. The molecular weight excluding hydrogens is 768 g/mol. The normalized spacial score (nSPS) is 14.0. The number of aryl methyl sites for hydroxylation is 1. The summed E-state index contributed by atoms with van der Waals surface area (Å²) in [5.41, 5.74) is 16.4. The fraction of sp³-hybridized carbons (Fsp3) is 0.250. The van der Waals surface area contributed by atoms with E-state index in [1.165, 1.54) is 33.4 Å². The van der Waals surface area contributed by atoms with E-state index in [1.807, 2.05) is 0 Å². The van der Waals surface area contributed by atoms with Crippen molar-refractivity contribution in [3.8, 4) is 33.8 Å². The smallest absolute Gasteiger partial charge is 0.163 e. The third-order valence-electron chi connectivity index (χ3n) is 12.5. The number of benzene rings is 7. The van der Waals surface area contributed by atoms with Crippen molar-refractivity contribution in [2.75, 3.05) is 23.0 Å². The molecule has 1 heterocycles. The van der Waals surface area contributed by atoms with Crippen molar-refractivity contribution in [2.45, 2.75) is 78.6 Å². The molecule has 1 aliphatic carbocycles. The maximum Gasteiger partial charge on any atom is 0.163 e. The number of halogens is 1. The van der Waals surface area contributed by atoms with E-state index in [0.29, 0.717) is 24.0 Å². The maximum absolute atomic E-state index is 8.03. The lowest BCUT2D eigenvalue weighted by atomic mass is 9.82. The summed E-state index contributed by atoms with van der Waals surface area (Å²) in [6.07, 6.45) is 0. The molecule has 0 amide bonds. The highest BCUT2D eigenvalue weighted by molar-refractivity contribution is 6.37. The Bertz CT molecular complexity index is 2700. The highest BCUT2D eigenvalue weighted by Gasteiger charge is 2.36. The van der Waals surface area contributed by atoms with Crippen LogP contribution < -0.4 is 19.3 Å². The van der Waals surface area contributed by atoms with E-state index in [1.54, 1.807) is 0 Å². The Balaban J connectivity index is 1.31. The lowest BCUT2D eigenvalue weighted by Crippen LogP contribution is -2.19. The number of hydrogen-bond donors (Lipinski definition) is 0. The van der Waals surface area contributed by atoms with Crippen LogP contribution in [0.3, 0.4) is 0 Å². The first-order chi connectivity index (χ1) is 29.1. The molecular formula is C56H55ClN2O2. The summed E-state index contributed by atoms with van der Waals surface area (Å²) in [7, 11) is 0. The molecule has 0 unspecified atom stereocenters. The third-order valence-corrected chi connectivity index (χ3v) is 12.8. The number of ether oxygens (including phenoxy) is 2. The lowest BCUT2D eigenvalue weighted by molar-refractivity contribution is 0.172. The van der Waals surface area contributed by atoms with Crippen LogP contribution in [0.5, 0.6) is 11.5 Å². The molecule has 0 saturated carbocycles. The van der Waals surface area contributed by atoms with Crippen molar-refractivity contribution in [1.29, 1.82) is 0 Å². The highest BCUT2D eigenvalue weighted by atomic mass is 35.5. The molecule has 0 aromatic heterocycles. The van der Waals surface area contributed by atoms with Crippen LogP contribution in [0.15, 0.2) is 146 Å². The van der Waals surface area contributed by atoms with Gasteiger partial charge in [0.25, 0.3) is 0 Å². The number of hydrogen-bond acceptors (Lipinski definition) is 4. The Labute approximate surface area is 367 Å². The zero-order valence-electron chi connectivity index (χ0n) is 36.9. The summed E-state index contributed by atoms with van der Waals surface area (Å²) in [5, 5.41) is 0.627. The largest absolute Gasteiger partial charge is 0.486 e. The molecule has 7 aromatic rings. The van der Waals surface area contributed by atoms with Crippen LogP contribution in [-0.2, 0) is 16.2 Å². The van der Waals surface area contributed by atoms with E-state index in [2.05, 4.69) is 218 Å². The Morgan fingerprint density at radius 3 is 1.59 bits per heavy atom.